The van der Waals surface area contributed by atoms with E-state index in [0.29, 0.717) is 12.6 Å². The summed E-state index contributed by atoms with van der Waals surface area (Å²) in [4.78, 5) is 1.92. The van der Waals surface area contributed by atoms with Gasteiger partial charge in [0, 0.05) is 6.04 Å². The zero-order chi connectivity index (χ0) is 10.4. The molecule has 0 atom stereocenters. The van der Waals surface area contributed by atoms with Crippen LogP contribution in [0.15, 0.2) is 0 Å². The highest BCUT2D eigenvalue weighted by Crippen LogP contribution is 2.24. The van der Waals surface area contributed by atoms with E-state index in [2.05, 4.69) is 0 Å². The summed E-state index contributed by atoms with van der Waals surface area (Å²) in [5, 5.41) is 0. The van der Waals surface area contributed by atoms with Gasteiger partial charge < -0.3 is 5.73 Å². The van der Waals surface area contributed by atoms with Gasteiger partial charge in [0.15, 0.2) is 0 Å². The summed E-state index contributed by atoms with van der Waals surface area (Å²) in [6.45, 7) is 1.24. The van der Waals surface area contributed by atoms with Crippen LogP contribution in [0.25, 0.3) is 0 Å². The number of hydrogen-bond acceptors (Lipinski definition) is 2. The molecular weight excluding hydrogens is 186 g/mol. The molecule has 14 heavy (non-hydrogen) atoms. The van der Waals surface area contributed by atoms with Gasteiger partial charge in [-0.2, -0.15) is 0 Å². The first-order valence-corrected chi connectivity index (χ1v) is 5.46. The van der Waals surface area contributed by atoms with Gasteiger partial charge in [-0.05, 0) is 32.4 Å². The summed E-state index contributed by atoms with van der Waals surface area (Å²) in [5.41, 5.74) is 5.39. The molecule has 0 bridgehead atoms. The van der Waals surface area contributed by atoms with E-state index in [1.807, 2.05) is 4.90 Å². The third-order valence-electron chi connectivity index (χ3n) is 2.86. The maximum atomic E-state index is 12.3. The fourth-order valence-corrected chi connectivity index (χ4v) is 2.16. The average Bonchev–Trinajstić information content (AvgIpc) is 2.64. The van der Waals surface area contributed by atoms with Gasteiger partial charge in [0.2, 0.25) is 0 Å². The minimum atomic E-state index is -2.21. The zero-order valence-electron chi connectivity index (χ0n) is 8.59. The fraction of sp³-hybridized carbons (Fsp3) is 1.00. The average molecular weight is 206 g/mol. The molecule has 0 aromatic rings. The normalized spacial score (nSPS) is 18.6. The first kappa shape index (κ1) is 11.9. The lowest BCUT2D eigenvalue weighted by Gasteiger charge is -2.28. The molecule has 1 aliphatic carbocycles. The SMILES string of the molecule is NCCCN(CC(F)F)C1CCCC1. The number of nitrogens with two attached hydrogens (primary N) is 1. The minimum Gasteiger partial charge on any atom is -0.330 e. The van der Waals surface area contributed by atoms with Gasteiger partial charge in [-0.15, -0.1) is 0 Å². The van der Waals surface area contributed by atoms with Crippen LogP contribution in [0.4, 0.5) is 8.78 Å². The second-order valence-electron chi connectivity index (χ2n) is 3.97. The first-order valence-electron chi connectivity index (χ1n) is 5.46. The summed E-state index contributed by atoms with van der Waals surface area (Å²) < 4.78 is 24.6. The molecule has 2 N–H and O–H groups in total. The Bertz CT molecular complexity index is 147. The van der Waals surface area contributed by atoms with E-state index >= 15 is 0 Å². The highest BCUT2D eigenvalue weighted by Gasteiger charge is 2.24. The van der Waals surface area contributed by atoms with E-state index in [1.165, 1.54) is 12.8 Å². The Morgan fingerprint density at radius 1 is 1.29 bits per heavy atom. The van der Waals surface area contributed by atoms with E-state index in [0.717, 1.165) is 25.8 Å². The van der Waals surface area contributed by atoms with Gasteiger partial charge >= 0.3 is 0 Å². The molecule has 0 aromatic heterocycles. The molecule has 1 fully saturated rings. The van der Waals surface area contributed by atoms with Crippen LogP contribution in [-0.4, -0.2) is 37.0 Å². The molecule has 0 amide bonds. The van der Waals surface area contributed by atoms with Crippen molar-refractivity contribution >= 4 is 0 Å². The van der Waals surface area contributed by atoms with Gasteiger partial charge in [0.25, 0.3) is 6.43 Å². The number of alkyl halides is 2. The van der Waals surface area contributed by atoms with Crippen LogP contribution in [0.3, 0.4) is 0 Å². The fourth-order valence-electron chi connectivity index (χ4n) is 2.16. The van der Waals surface area contributed by atoms with Crippen LogP contribution in [0.1, 0.15) is 32.1 Å². The van der Waals surface area contributed by atoms with Crippen LogP contribution in [0, 0.1) is 0 Å². The largest absolute Gasteiger partial charge is 0.330 e. The predicted molar refractivity (Wildman–Crippen MR) is 53.5 cm³/mol. The minimum absolute atomic E-state index is 0.0787. The second-order valence-corrected chi connectivity index (χ2v) is 3.97. The monoisotopic (exact) mass is 206 g/mol. The predicted octanol–water partition coefficient (Wildman–Crippen LogP) is 1.84. The molecule has 1 aliphatic rings. The molecule has 0 spiro atoms. The number of hydrogen-bond donors (Lipinski definition) is 1. The molecule has 0 saturated heterocycles. The van der Waals surface area contributed by atoms with Gasteiger partial charge in [0.05, 0.1) is 6.54 Å². The van der Waals surface area contributed by atoms with Crippen molar-refractivity contribution in [2.45, 2.75) is 44.6 Å². The summed E-state index contributed by atoms with van der Waals surface area (Å²) >= 11 is 0. The zero-order valence-corrected chi connectivity index (χ0v) is 8.59. The molecule has 0 heterocycles. The Kier molecular flexibility index (Phi) is 5.33. The molecule has 4 heteroatoms. The lowest BCUT2D eigenvalue weighted by molar-refractivity contribution is 0.0662. The molecule has 1 rings (SSSR count). The van der Waals surface area contributed by atoms with Crippen LogP contribution in [0.2, 0.25) is 0 Å². The molecule has 0 aliphatic heterocycles. The number of nitrogens with zero attached hydrogens (tertiary/aromatic N) is 1. The van der Waals surface area contributed by atoms with Crippen molar-refractivity contribution in [1.82, 2.24) is 4.90 Å². The van der Waals surface area contributed by atoms with Crippen LogP contribution in [0.5, 0.6) is 0 Å². The van der Waals surface area contributed by atoms with E-state index in [4.69, 9.17) is 5.73 Å². The smallest absolute Gasteiger partial charge is 0.251 e. The Labute approximate surface area is 84.4 Å². The quantitative estimate of drug-likeness (QED) is 0.718. The Morgan fingerprint density at radius 2 is 1.93 bits per heavy atom. The van der Waals surface area contributed by atoms with E-state index < -0.39 is 6.43 Å². The highest BCUT2D eigenvalue weighted by atomic mass is 19.3. The Morgan fingerprint density at radius 3 is 2.43 bits per heavy atom. The van der Waals surface area contributed by atoms with E-state index in [-0.39, 0.29) is 6.54 Å². The summed E-state index contributed by atoms with van der Waals surface area (Å²) in [6, 6.07) is 0.385. The van der Waals surface area contributed by atoms with Gasteiger partial charge in [0.1, 0.15) is 0 Å². The molecule has 0 unspecified atom stereocenters. The maximum absolute atomic E-state index is 12.3. The third kappa shape index (κ3) is 3.88. The topological polar surface area (TPSA) is 29.3 Å². The van der Waals surface area contributed by atoms with Gasteiger partial charge in [-0.1, -0.05) is 12.8 Å². The molecule has 0 aromatic carbocycles. The van der Waals surface area contributed by atoms with Crippen molar-refractivity contribution < 1.29 is 8.78 Å². The third-order valence-corrected chi connectivity index (χ3v) is 2.86. The van der Waals surface area contributed by atoms with Gasteiger partial charge in [-0.3, -0.25) is 4.90 Å². The lowest BCUT2D eigenvalue weighted by atomic mass is 10.2. The summed E-state index contributed by atoms with van der Waals surface area (Å²) in [7, 11) is 0. The molecule has 1 saturated carbocycles. The van der Waals surface area contributed by atoms with Crippen LogP contribution < -0.4 is 5.73 Å². The molecule has 2 nitrogen and oxygen atoms in total. The van der Waals surface area contributed by atoms with E-state index in [9.17, 15) is 8.78 Å². The van der Waals surface area contributed by atoms with Gasteiger partial charge in [-0.25, -0.2) is 8.78 Å². The second kappa shape index (κ2) is 6.30. The number of rotatable bonds is 6. The standard InChI is InChI=1S/C10H20F2N2/c11-10(12)8-14(7-3-6-13)9-4-1-2-5-9/h9-10H,1-8,13H2. The van der Waals surface area contributed by atoms with Crippen LogP contribution in [-0.2, 0) is 0 Å². The van der Waals surface area contributed by atoms with Crippen molar-refractivity contribution in [1.29, 1.82) is 0 Å². The first-order chi connectivity index (χ1) is 6.74. The Hall–Kier alpha value is -0.220. The maximum Gasteiger partial charge on any atom is 0.251 e. The molecular formula is C10H20F2N2. The summed E-state index contributed by atoms with van der Waals surface area (Å²) in [6.07, 6.45) is 3.14. The van der Waals surface area contributed by atoms with Crippen molar-refractivity contribution in [3.63, 3.8) is 0 Å². The van der Waals surface area contributed by atoms with Crippen molar-refractivity contribution in [2.24, 2.45) is 5.73 Å². The van der Waals surface area contributed by atoms with Crippen molar-refractivity contribution in [3.05, 3.63) is 0 Å². The van der Waals surface area contributed by atoms with Crippen molar-refractivity contribution in [2.75, 3.05) is 19.6 Å². The Balaban J connectivity index is 2.34. The highest BCUT2D eigenvalue weighted by molar-refractivity contribution is 4.77. The van der Waals surface area contributed by atoms with E-state index in [1.54, 1.807) is 0 Å². The lowest BCUT2D eigenvalue weighted by Crippen LogP contribution is -2.38. The molecule has 84 valence electrons. The molecule has 0 radical (unpaired) electrons. The van der Waals surface area contributed by atoms with Crippen molar-refractivity contribution in [3.8, 4) is 0 Å². The van der Waals surface area contributed by atoms with Crippen LogP contribution >= 0.6 is 0 Å². The summed E-state index contributed by atoms with van der Waals surface area (Å²) in [5.74, 6) is 0. The number of halogens is 2.